The van der Waals surface area contributed by atoms with E-state index in [1.54, 1.807) is 0 Å². The minimum Gasteiger partial charge on any atom is -0.481 e. The second-order valence-electron chi connectivity index (χ2n) is 14.5. The van der Waals surface area contributed by atoms with Crippen molar-refractivity contribution in [3.05, 3.63) is 23.3 Å². The Morgan fingerprint density at radius 1 is 1.05 bits per heavy atom. The number of ketones is 1. The van der Waals surface area contributed by atoms with Gasteiger partial charge in [-0.05, 0) is 80.0 Å². The van der Waals surface area contributed by atoms with E-state index in [-0.39, 0.29) is 34.2 Å². The van der Waals surface area contributed by atoms with Crippen LogP contribution in [0, 0.1) is 45.3 Å². The van der Waals surface area contributed by atoms with E-state index in [2.05, 4.69) is 55.0 Å². The molecule has 0 amide bonds. The zero-order chi connectivity index (χ0) is 28.4. The number of Topliss-reactive ketones (excluding diaryl/α,β-unsaturated/α-hetero) is 1. The van der Waals surface area contributed by atoms with Crippen molar-refractivity contribution < 1.29 is 24.2 Å². The maximum absolute atomic E-state index is 12.9. The average Bonchev–Trinajstić information content (AvgIpc) is 3.03. The van der Waals surface area contributed by atoms with Gasteiger partial charge in [-0.2, -0.15) is 0 Å². The quantitative estimate of drug-likeness (QED) is 0.274. The molecule has 7 atom stereocenters. The van der Waals surface area contributed by atoms with Crippen LogP contribution in [0.4, 0.5) is 0 Å². The number of carboxylic acid groups (broad SMARTS) is 1. The van der Waals surface area contributed by atoms with Gasteiger partial charge in [0.15, 0.2) is 0 Å². The van der Waals surface area contributed by atoms with Crippen LogP contribution in [0.5, 0.6) is 0 Å². The number of aliphatic carboxylic acids is 1. The Labute approximate surface area is 229 Å². The van der Waals surface area contributed by atoms with Crippen LogP contribution in [0.15, 0.2) is 23.3 Å². The number of hydrogen-bond donors (Lipinski definition) is 1. The Hall–Kier alpha value is -1.91. The minimum atomic E-state index is -0.749. The standard InChI is InChI=1S/C33H50O5/c1-19(2)20(3)10-11-22(29(36)37)25-18-28(38-21(4)34)33(9)24-12-13-26-30(5,6)27(35)15-16-31(26,7)23(24)14-17-32(25,33)8/h19,22,25-26,28H,3,10-18H2,1-2,4-9H3,(H,36,37)/t22-,25+,26-,28-,31+,32+,33+/m0/s1. The first-order chi connectivity index (χ1) is 17.5. The summed E-state index contributed by atoms with van der Waals surface area (Å²) in [6.45, 7) is 21.1. The molecule has 4 aliphatic rings. The van der Waals surface area contributed by atoms with E-state index in [0.717, 1.165) is 37.7 Å². The Bertz CT molecular complexity index is 1070. The zero-order valence-corrected chi connectivity index (χ0v) is 25.0. The number of esters is 1. The number of carboxylic acids is 1. The summed E-state index contributed by atoms with van der Waals surface area (Å²) >= 11 is 0. The van der Waals surface area contributed by atoms with E-state index < -0.39 is 17.3 Å². The maximum Gasteiger partial charge on any atom is 0.306 e. The molecule has 0 aromatic rings. The van der Waals surface area contributed by atoms with Gasteiger partial charge in [0.25, 0.3) is 0 Å². The first-order valence-electron chi connectivity index (χ1n) is 14.9. The summed E-state index contributed by atoms with van der Waals surface area (Å²) in [5.74, 6) is -0.623. The van der Waals surface area contributed by atoms with E-state index in [1.165, 1.54) is 18.1 Å². The maximum atomic E-state index is 12.9. The minimum absolute atomic E-state index is 0.0462. The molecule has 0 bridgehead atoms. The molecule has 212 valence electrons. The van der Waals surface area contributed by atoms with Gasteiger partial charge in [-0.3, -0.25) is 14.4 Å². The molecule has 2 saturated carbocycles. The van der Waals surface area contributed by atoms with Crippen molar-refractivity contribution in [1.29, 1.82) is 0 Å². The van der Waals surface area contributed by atoms with Gasteiger partial charge in [0.2, 0.25) is 0 Å². The Morgan fingerprint density at radius 3 is 2.29 bits per heavy atom. The topological polar surface area (TPSA) is 80.7 Å². The highest BCUT2D eigenvalue weighted by Crippen LogP contribution is 2.72. The van der Waals surface area contributed by atoms with Gasteiger partial charge in [0.05, 0.1) is 5.92 Å². The molecule has 5 nitrogen and oxygen atoms in total. The number of rotatable bonds is 7. The second kappa shape index (κ2) is 9.63. The Morgan fingerprint density at radius 2 is 1.71 bits per heavy atom. The average molecular weight is 527 g/mol. The van der Waals surface area contributed by atoms with Crippen LogP contribution < -0.4 is 0 Å². The van der Waals surface area contributed by atoms with E-state index in [0.29, 0.717) is 43.3 Å². The smallest absolute Gasteiger partial charge is 0.306 e. The summed E-state index contributed by atoms with van der Waals surface area (Å²) in [6, 6.07) is 0. The van der Waals surface area contributed by atoms with E-state index in [1.807, 2.05) is 0 Å². The lowest BCUT2D eigenvalue weighted by Crippen LogP contribution is -2.55. The summed E-state index contributed by atoms with van der Waals surface area (Å²) in [5.41, 5.74) is 2.87. The van der Waals surface area contributed by atoms with E-state index in [4.69, 9.17) is 4.74 Å². The highest BCUT2D eigenvalue weighted by atomic mass is 16.5. The third-order valence-electron chi connectivity index (χ3n) is 12.3. The molecule has 5 heteroatoms. The molecule has 0 aromatic carbocycles. The van der Waals surface area contributed by atoms with Crippen molar-refractivity contribution in [2.45, 2.75) is 119 Å². The third-order valence-corrected chi connectivity index (χ3v) is 12.3. The van der Waals surface area contributed by atoms with Crippen LogP contribution in [0.3, 0.4) is 0 Å². The molecule has 0 aliphatic heterocycles. The molecule has 4 rings (SSSR count). The molecule has 0 saturated heterocycles. The van der Waals surface area contributed by atoms with Crippen LogP contribution in [0.2, 0.25) is 0 Å². The van der Waals surface area contributed by atoms with E-state index >= 15 is 0 Å². The van der Waals surface area contributed by atoms with Gasteiger partial charge in [0.1, 0.15) is 11.9 Å². The van der Waals surface area contributed by atoms with Crippen LogP contribution >= 0.6 is 0 Å². The number of allylic oxidation sites excluding steroid dienone is 2. The van der Waals surface area contributed by atoms with Gasteiger partial charge in [0, 0.05) is 24.2 Å². The third kappa shape index (κ3) is 4.13. The number of hydrogen-bond acceptors (Lipinski definition) is 4. The summed E-state index contributed by atoms with van der Waals surface area (Å²) in [7, 11) is 0. The number of fused-ring (bicyclic) bond motifs is 4. The molecular weight excluding hydrogens is 476 g/mol. The van der Waals surface area contributed by atoms with Crippen molar-refractivity contribution in [3.63, 3.8) is 0 Å². The normalized spacial score (nSPS) is 38.8. The highest BCUT2D eigenvalue weighted by molar-refractivity contribution is 5.85. The highest BCUT2D eigenvalue weighted by Gasteiger charge is 2.68. The zero-order valence-electron chi connectivity index (χ0n) is 25.0. The van der Waals surface area contributed by atoms with Crippen LogP contribution in [-0.2, 0) is 19.1 Å². The van der Waals surface area contributed by atoms with Crippen molar-refractivity contribution in [2.24, 2.45) is 45.3 Å². The summed E-state index contributed by atoms with van der Waals surface area (Å²) in [5, 5.41) is 10.5. The van der Waals surface area contributed by atoms with Crippen LogP contribution in [0.1, 0.15) is 113 Å². The molecule has 4 aliphatic carbocycles. The van der Waals surface area contributed by atoms with Gasteiger partial charge >= 0.3 is 11.9 Å². The number of ether oxygens (including phenoxy) is 1. The van der Waals surface area contributed by atoms with Gasteiger partial charge in [-0.15, -0.1) is 0 Å². The predicted octanol–water partition coefficient (Wildman–Crippen LogP) is 7.54. The fourth-order valence-electron chi connectivity index (χ4n) is 9.64. The molecular formula is C33H50O5. The van der Waals surface area contributed by atoms with E-state index in [9.17, 15) is 19.5 Å². The molecule has 0 heterocycles. The molecule has 0 radical (unpaired) electrons. The van der Waals surface area contributed by atoms with Gasteiger partial charge < -0.3 is 9.84 Å². The molecule has 1 N–H and O–H groups in total. The second-order valence-corrected chi connectivity index (χ2v) is 14.5. The lowest BCUT2D eigenvalue weighted by atomic mass is 9.43. The first-order valence-corrected chi connectivity index (χ1v) is 14.9. The number of carbonyl (C=O) groups excluding carboxylic acids is 2. The number of carbonyl (C=O) groups is 3. The SMILES string of the molecule is C=C(CC[C@H](C(=O)O)[C@H]1C[C@H](OC(C)=O)[C@@]2(C)C3=C(CC[C@]12C)[C@@]1(C)CCC(=O)C(C)(C)[C@@H]1CC3)C(C)C. The lowest BCUT2D eigenvalue weighted by molar-refractivity contribution is -0.154. The van der Waals surface area contributed by atoms with Crippen molar-refractivity contribution in [1.82, 2.24) is 0 Å². The Kier molecular flexibility index (Phi) is 7.37. The lowest BCUT2D eigenvalue weighted by Gasteiger charge is -2.61. The van der Waals surface area contributed by atoms with Crippen molar-refractivity contribution in [3.8, 4) is 0 Å². The van der Waals surface area contributed by atoms with Gasteiger partial charge in [-0.1, -0.05) is 71.8 Å². The summed E-state index contributed by atoms with van der Waals surface area (Å²) < 4.78 is 6.11. The molecule has 0 aromatic heterocycles. The largest absolute Gasteiger partial charge is 0.481 e. The fraction of sp³-hybridized carbons (Fsp3) is 0.788. The van der Waals surface area contributed by atoms with Crippen LogP contribution in [-0.4, -0.2) is 28.9 Å². The molecule has 0 unspecified atom stereocenters. The molecule has 0 spiro atoms. The monoisotopic (exact) mass is 526 g/mol. The fourth-order valence-corrected chi connectivity index (χ4v) is 9.64. The van der Waals surface area contributed by atoms with Crippen molar-refractivity contribution in [2.75, 3.05) is 0 Å². The predicted molar refractivity (Wildman–Crippen MR) is 149 cm³/mol. The molecule has 38 heavy (non-hydrogen) atoms. The first kappa shape index (κ1) is 29.1. The molecule has 2 fully saturated rings. The van der Waals surface area contributed by atoms with Crippen molar-refractivity contribution >= 4 is 17.7 Å². The van der Waals surface area contributed by atoms with Gasteiger partial charge in [-0.25, -0.2) is 0 Å². The summed E-state index contributed by atoms with van der Waals surface area (Å²) in [6.07, 6.45) is 6.67. The summed E-state index contributed by atoms with van der Waals surface area (Å²) in [4.78, 5) is 38.1. The van der Waals surface area contributed by atoms with Crippen LogP contribution in [0.25, 0.3) is 0 Å². The Balaban J connectivity index is 1.80.